The van der Waals surface area contributed by atoms with Gasteiger partial charge in [0.05, 0.1) is 22.8 Å². The second kappa shape index (κ2) is 33.1. The van der Waals surface area contributed by atoms with Crippen molar-refractivity contribution in [1.82, 2.24) is 0 Å². The molecule has 0 saturated heterocycles. The molecule has 0 saturated carbocycles. The number of rotatable bonds is 32. The molecule has 0 amide bonds. The second-order valence-electron chi connectivity index (χ2n) is 15.1. The maximum absolute atomic E-state index is 5.25. The SMILES string of the molecule is CCCCCCCCCCCCCCCCCCCCCCCCCCC(=Nc1ccccc1)C(CCCCC)=Nc1cc(C)cc(C)c1.[Ni]. The molecule has 3 heteroatoms. The number of aryl methyl sites for hydroxylation is 2. The molecular weight excluding hydrogens is 651 g/mol. The predicted octanol–water partition coefficient (Wildman–Crippen LogP) is 16.5. The predicted molar refractivity (Wildman–Crippen MR) is 222 cm³/mol. The van der Waals surface area contributed by atoms with Crippen LogP contribution in [0, 0.1) is 13.8 Å². The first-order chi connectivity index (χ1) is 24.1. The van der Waals surface area contributed by atoms with Gasteiger partial charge in [0.1, 0.15) is 0 Å². The van der Waals surface area contributed by atoms with Crippen LogP contribution < -0.4 is 0 Å². The van der Waals surface area contributed by atoms with Crippen LogP contribution in [0.1, 0.15) is 211 Å². The summed E-state index contributed by atoms with van der Waals surface area (Å²) in [6.07, 6.45) is 39.9. The number of aliphatic imine (C=N–C) groups is 2. The van der Waals surface area contributed by atoms with Crippen molar-refractivity contribution in [3.05, 3.63) is 59.7 Å². The minimum absolute atomic E-state index is 0. The molecule has 0 N–H and O–H groups in total. The van der Waals surface area contributed by atoms with Crippen molar-refractivity contribution in [3.8, 4) is 0 Å². The maximum Gasteiger partial charge on any atom is 0.0639 e. The Morgan fingerprint density at radius 1 is 0.380 bits per heavy atom. The Labute approximate surface area is 321 Å². The van der Waals surface area contributed by atoms with E-state index >= 15 is 0 Å². The van der Waals surface area contributed by atoms with Gasteiger partial charge < -0.3 is 0 Å². The van der Waals surface area contributed by atoms with Gasteiger partial charge in [-0.15, -0.1) is 0 Å². The Hall–Kier alpha value is -1.73. The van der Waals surface area contributed by atoms with E-state index in [4.69, 9.17) is 9.98 Å². The molecular formula is C47H78N2Ni. The van der Waals surface area contributed by atoms with Crippen LogP contribution in [0.15, 0.2) is 58.5 Å². The van der Waals surface area contributed by atoms with E-state index in [2.05, 4.69) is 76.2 Å². The number of benzene rings is 2. The Balaban J connectivity index is 0.0000125. The monoisotopic (exact) mass is 729 g/mol. The molecule has 0 radical (unpaired) electrons. The molecule has 0 atom stereocenters. The van der Waals surface area contributed by atoms with Gasteiger partial charge >= 0.3 is 0 Å². The third-order valence-corrected chi connectivity index (χ3v) is 10.1. The van der Waals surface area contributed by atoms with Crippen molar-refractivity contribution in [1.29, 1.82) is 0 Å². The van der Waals surface area contributed by atoms with Crippen LogP contribution in [0.5, 0.6) is 0 Å². The van der Waals surface area contributed by atoms with Crippen LogP contribution in [-0.2, 0) is 16.5 Å². The molecule has 2 nitrogen and oxygen atoms in total. The van der Waals surface area contributed by atoms with E-state index in [1.807, 2.05) is 0 Å². The molecule has 0 aromatic heterocycles. The Morgan fingerprint density at radius 3 is 1.06 bits per heavy atom. The van der Waals surface area contributed by atoms with Crippen molar-refractivity contribution >= 4 is 22.8 Å². The van der Waals surface area contributed by atoms with Crippen molar-refractivity contribution in [3.63, 3.8) is 0 Å². The summed E-state index contributed by atoms with van der Waals surface area (Å²) >= 11 is 0. The molecule has 0 fully saturated rings. The van der Waals surface area contributed by atoms with Crippen molar-refractivity contribution in [2.75, 3.05) is 0 Å². The third kappa shape index (κ3) is 25.3. The Kier molecular flexibility index (Phi) is 30.7. The molecule has 0 bridgehead atoms. The van der Waals surface area contributed by atoms with Gasteiger partial charge in [-0.2, -0.15) is 0 Å². The van der Waals surface area contributed by atoms with E-state index in [9.17, 15) is 0 Å². The molecule has 286 valence electrons. The average molecular weight is 730 g/mol. The summed E-state index contributed by atoms with van der Waals surface area (Å²) in [5, 5.41) is 0. The number of nitrogens with zero attached hydrogens (tertiary/aromatic N) is 2. The van der Waals surface area contributed by atoms with Crippen LogP contribution in [-0.4, -0.2) is 11.4 Å². The first-order valence-corrected chi connectivity index (χ1v) is 21.4. The Morgan fingerprint density at radius 2 is 0.680 bits per heavy atom. The molecule has 0 unspecified atom stereocenters. The van der Waals surface area contributed by atoms with Gasteiger partial charge in [0, 0.05) is 16.5 Å². The van der Waals surface area contributed by atoms with Crippen LogP contribution >= 0.6 is 0 Å². The molecule has 50 heavy (non-hydrogen) atoms. The number of hydrogen-bond acceptors (Lipinski definition) is 2. The summed E-state index contributed by atoms with van der Waals surface area (Å²) < 4.78 is 0. The fourth-order valence-corrected chi connectivity index (χ4v) is 7.16. The first-order valence-electron chi connectivity index (χ1n) is 21.4. The zero-order chi connectivity index (χ0) is 35.0. The zero-order valence-corrected chi connectivity index (χ0v) is 34.3. The second-order valence-corrected chi connectivity index (χ2v) is 15.1. The van der Waals surface area contributed by atoms with E-state index in [1.165, 1.54) is 196 Å². The van der Waals surface area contributed by atoms with Gasteiger partial charge in [0.25, 0.3) is 0 Å². The Bertz CT molecular complexity index is 1090. The molecule has 0 spiro atoms. The van der Waals surface area contributed by atoms with Crippen LogP contribution in [0.25, 0.3) is 0 Å². The average Bonchev–Trinajstić information content (AvgIpc) is 3.09. The van der Waals surface area contributed by atoms with E-state index in [-0.39, 0.29) is 16.5 Å². The van der Waals surface area contributed by atoms with Crippen molar-refractivity contribution in [2.45, 2.75) is 214 Å². The minimum atomic E-state index is 0. The standard InChI is InChI=1S/C47H78N2.Ni/c1-5-7-9-10-11-12-13-14-15-16-17-18-19-20-21-22-23-24-25-26-27-28-29-34-38-46(48-44-35-32-30-33-36-44)47(37-31-8-6-2)49-45-40-42(3)39-43(4)41-45;/h30,32-33,35-36,39-41H,5-29,31,34,37-38H2,1-4H3;. The van der Waals surface area contributed by atoms with E-state index in [1.54, 1.807) is 0 Å². The first kappa shape index (κ1) is 46.3. The molecule has 0 aliphatic heterocycles. The van der Waals surface area contributed by atoms with Gasteiger partial charge in [0.15, 0.2) is 0 Å². The minimum Gasteiger partial charge on any atom is -0.252 e. The normalized spacial score (nSPS) is 12.0. The van der Waals surface area contributed by atoms with Crippen molar-refractivity contribution < 1.29 is 16.5 Å². The van der Waals surface area contributed by atoms with Gasteiger partial charge in [-0.05, 0) is 74.9 Å². The third-order valence-electron chi connectivity index (χ3n) is 10.1. The van der Waals surface area contributed by atoms with E-state index in [0.717, 1.165) is 24.2 Å². The van der Waals surface area contributed by atoms with E-state index < -0.39 is 0 Å². The largest absolute Gasteiger partial charge is 0.252 e. The van der Waals surface area contributed by atoms with Gasteiger partial charge in [-0.3, -0.25) is 9.98 Å². The maximum atomic E-state index is 5.25. The van der Waals surface area contributed by atoms with Gasteiger partial charge in [0.2, 0.25) is 0 Å². The molecule has 0 heterocycles. The fraction of sp³-hybridized carbons (Fsp3) is 0.702. The van der Waals surface area contributed by atoms with Crippen LogP contribution in [0.3, 0.4) is 0 Å². The smallest absolute Gasteiger partial charge is 0.0639 e. The summed E-state index contributed by atoms with van der Waals surface area (Å²) in [4.78, 5) is 10.4. The molecule has 0 aliphatic rings. The van der Waals surface area contributed by atoms with E-state index in [0.29, 0.717) is 0 Å². The van der Waals surface area contributed by atoms with Crippen LogP contribution in [0.2, 0.25) is 0 Å². The molecule has 2 aromatic rings. The number of hydrogen-bond donors (Lipinski definition) is 0. The fourth-order valence-electron chi connectivity index (χ4n) is 7.16. The van der Waals surface area contributed by atoms with Crippen LogP contribution in [0.4, 0.5) is 11.4 Å². The summed E-state index contributed by atoms with van der Waals surface area (Å²) in [5.41, 5.74) is 7.06. The number of unbranched alkanes of at least 4 members (excludes halogenated alkanes) is 25. The molecule has 2 aromatic carbocycles. The van der Waals surface area contributed by atoms with Crippen molar-refractivity contribution in [2.24, 2.45) is 9.98 Å². The summed E-state index contributed by atoms with van der Waals surface area (Å²) in [7, 11) is 0. The van der Waals surface area contributed by atoms with Gasteiger partial charge in [-0.25, -0.2) is 0 Å². The molecule has 0 aliphatic carbocycles. The molecule has 2 rings (SSSR count). The summed E-state index contributed by atoms with van der Waals surface area (Å²) in [5.74, 6) is 0. The zero-order valence-electron chi connectivity index (χ0n) is 33.3. The summed E-state index contributed by atoms with van der Waals surface area (Å²) in [6.45, 7) is 8.92. The summed E-state index contributed by atoms with van der Waals surface area (Å²) in [6, 6.07) is 17.2. The topological polar surface area (TPSA) is 24.7 Å². The van der Waals surface area contributed by atoms with Gasteiger partial charge in [-0.1, -0.05) is 199 Å². The quantitative estimate of drug-likeness (QED) is 0.0407. The number of para-hydroxylation sites is 1.